The molecule has 6 rings (SSSR count). The Morgan fingerprint density at radius 2 is 1.90 bits per heavy atom. The lowest BCUT2D eigenvalue weighted by Crippen LogP contribution is -2.54. The van der Waals surface area contributed by atoms with Crippen molar-refractivity contribution in [1.29, 1.82) is 0 Å². The number of alkyl halides is 1. The fourth-order valence-electron chi connectivity index (χ4n) is 5.72. The molecule has 1 saturated carbocycles. The number of nitrogens with zero attached hydrogens (tertiary/aromatic N) is 2. The molecule has 6 heteroatoms. The Hall–Kier alpha value is -2.47. The summed E-state index contributed by atoms with van der Waals surface area (Å²) >= 11 is 0. The van der Waals surface area contributed by atoms with Gasteiger partial charge in [0.1, 0.15) is 11.9 Å². The largest absolute Gasteiger partial charge is 0.452 e. The lowest BCUT2D eigenvalue weighted by atomic mass is 9.73. The molecule has 162 valence electrons. The summed E-state index contributed by atoms with van der Waals surface area (Å²) in [6, 6.07) is 15.3. The highest BCUT2D eigenvalue weighted by Crippen LogP contribution is 2.46. The first kappa shape index (κ1) is 19.2. The van der Waals surface area contributed by atoms with Crippen molar-refractivity contribution in [3.05, 3.63) is 71.0 Å². The van der Waals surface area contributed by atoms with Gasteiger partial charge < -0.3 is 15.0 Å². The molecular weight excluding hydrogens is 396 g/mol. The number of ether oxygens (including phenoxy) is 1. The Bertz CT molecular complexity index is 1010. The van der Waals surface area contributed by atoms with Crippen molar-refractivity contribution < 1.29 is 13.5 Å². The zero-order valence-corrected chi connectivity index (χ0v) is 17.4. The van der Waals surface area contributed by atoms with Gasteiger partial charge in [-0.15, -0.1) is 0 Å². The van der Waals surface area contributed by atoms with Crippen molar-refractivity contribution in [3.8, 4) is 0 Å². The van der Waals surface area contributed by atoms with E-state index in [-0.39, 0.29) is 17.9 Å². The maximum absolute atomic E-state index is 15.2. The molecule has 0 radical (unpaired) electrons. The van der Waals surface area contributed by atoms with Crippen molar-refractivity contribution in [1.82, 2.24) is 10.2 Å². The number of halogens is 2. The van der Waals surface area contributed by atoms with E-state index in [1.165, 1.54) is 29.7 Å². The van der Waals surface area contributed by atoms with E-state index in [9.17, 15) is 4.39 Å². The van der Waals surface area contributed by atoms with Crippen LogP contribution >= 0.6 is 0 Å². The summed E-state index contributed by atoms with van der Waals surface area (Å²) in [5.41, 5.74) is 2.55. The standard InChI is InChI=1S/C25H27F2N3O/c26-19-10-8-17(9-11-19)22-20-7-2-1-4-16(20)12-13-30(22)24-29-23(18-5-3-6-18)25(31-24)15-28-14-21(25)27/h1-2,4,7-11,18,21-23,28H,3,5-6,12-15H2/t21-,22-,23?,25-/m0/s1. The van der Waals surface area contributed by atoms with Crippen LogP contribution in [-0.4, -0.2) is 48.4 Å². The smallest absolute Gasteiger partial charge is 0.289 e. The number of aliphatic imine (C=N–C) groups is 1. The quantitative estimate of drug-likeness (QED) is 0.793. The molecule has 1 unspecified atom stereocenters. The third-order valence-corrected chi connectivity index (χ3v) is 7.60. The van der Waals surface area contributed by atoms with Gasteiger partial charge in [-0.3, -0.25) is 0 Å². The zero-order valence-electron chi connectivity index (χ0n) is 17.4. The van der Waals surface area contributed by atoms with E-state index in [0.29, 0.717) is 25.0 Å². The van der Waals surface area contributed by atoms with E-state index in [1.54, 1.807) is 0 Å². The number of hydrogen-bond acceptors (Lipinski definition) is 4. The van der Waals surface area contributed by atoms with Crippen LogP contribution in [0.5, 0.6) is 0 Å². The first-order valence-electron chi connectivity index (χ1n) is 11.4. The maximum atomic E-state index is 15.2. The van der Waals surface area contributed by atoms with Crippen molar-refractivity contribution in [2.24, 2.45) is 10.9 Å². The Labute approximate surface area is 181 Å². The normalized spacial score (nSPS) is 32.5. The van der Waals surface area contributed by atoms with E-state index in [1.807, 2.05) is 18.2 Å². The van der Waals surface area contributed by atoms with Gasteiger partial charge in [-0.25, -0.2) is 13.8 Å². The summed E-state index contributed by atoms with van der Waals surface area (Å²) in [5, 5.41) is 3.19. The second-order valence-electron chi connectivity index (χ2n) is 9.30. The number of nitrogens with one attached hydrogen (secondary N) is 1. The summed E-state index contributed by atoms with van der Waals surface area (Å²) in [6.07, 6.45) is 3.16. The summed E-state index contributed by atoms with van der Waals surface area (Å²) in [6.45, 7) is 1.54. The molecule has 1 spiro atoms. The summed E-state index contributed by atoms with van der Waals surface area (Å²) < 4.78 is 35.3. The summed E-state index contributed by atoms with van der Waals surface area (Å²) in [5.74, 6) is 0.132. The maximum Gasteiger partial charge on any atom is 0.289 e. The molecule has 2 fully saturated rings. The van der Waals surface area contributed by atoms with Crippen LogP contribution in [0.15, 0.2) is 53.5 Å². The number of hydrogen-bond donors (Lipinski definition) is 1. The first-order valence-corrected chi connectivity index (χ1v) is 11.4. The van der Waals surface area contributed by atoms with Crippen LogP contribution in [0.25, 0.3) is 0 Å². The third-order valence-electron chi connectivity index (χ3n) is 7.60. The second-order valence-corrected chi connectivity index (χ2v) is 9.30. The van der Waals surface area contributed by atoms with Gasteiger partial charge in [0.25, 0.3) is 6.02 Å². The Balaban J connectivity index is 1.41. The SMILES string of the molecule is Fc1ccc([C@H]2c3ccccc3CCN2C2=NC(C3CCC3)[C@@]3(CNC[C@@H]3F)O2)cc1. The van der Waals surface area contributed by atoms with Gasteiger partial charge in [-0.2, -0.15) is 0 Å². The van der Waals surface area contributed by atoms with Crippen LogP contribution in [0.4, 0.5) is 8.78 Å². The topological polar surface area (TPSA) is 36.9 Å². The summed E-state index contributed by atoms with van der Waals surface area (Å²) in [4.78, 5) is 7.22. The fraction of sp³-hybridized carbons (Fsp3) is 0.480. The predicted molar refractivity (Wildman–Crippen MR) is 115 cm³/mol. The predicted octanol–water partition coefficient (Wildman–Crippen LogP) is 4.01. The van der Waals surface area contributed by atoms with Gasteiger partial charge in [0.2, 0.25) is 0 Å². The molecule has 2 aromatic carbocycles. The van der Waals surface area contributed by atoms with Gasteiger partial charge >= 0.3 is 0 Å². The van der Waals surface area contributed by atoms with Gasteiger partial charge in [0.05, 0.1) is 6.04 Å². The van der Waals surface area contributed by atoms with Crippen molar-refractivity contribution in [3.63, 3.8) is 0 Å². The van der Waals surface area contributed by atoms with Crippen molar-refractivity contribution in [2.75, 3.05) is 19.6 Å². The minimum atomic E-state index is -1.07. The molecule has 0 amide bonds. The van der Waals surface area contributed by atoms with Gasteiger partial charge in [0, 0.05) is 19.6 Å². The molecule has 1 saturated heterocycles. The van der Waals surface area contributed by atoms with Crippen molar-refractivity contribution in [2.45, 2.75) is 49.5 Å². The Morgan fingerprint density at radius 3 is 2.61 bits per heavy atom. The lowest BCUT2D eigenvalue weighted by molar-refractivity contribution is -0.0225. The van der Waals surface area contributed by atoms with Crippen LogP contribution in [0.2, 0.25) is 0 Å². The van der Waals surface area contributed by atoms with E-state index in [4.69, 9.17) is 9.73 Å². The van der Waals surface area contributed by atoms with E-state index >= 15 is 4.39 Å². The fourth-order valence-corrected chi connectivity index (χ4v) is 5.72. The second kappa shape index (κ2) is 7.30. The Morgan fingerprint density at radius 1 is 1.10 bits per heavy atom. The van der Waals surface area contributed by atoms with Gasteiger partial charge in [-0.1, -0.05) is 42.8 Å². The third kappa shape index (κ3) is 2.99. The van der Waals surface area contributed by atoms with Crippen LogP contribution in [0, 0.1) is 11.7 Å². The monoisotopic (exact) mass is 423 g/mol. The number of fused-ring (bicyclic) bond motifs is 1. The average molecular weight is 424 g/mol. The van der Waals surface area contributed by atoms with E-state index in [0.717, 1.165) is 31.4 Å². The molecule has 4 nitrogen and oxygen atoms in total. The molecule has 4 aliphatic rings. The molecule has 31 heavy (non-hydrogen) atoms. The van der Waals surface area contributed by atoms with Crippen LogP contribution in [-0.2, 0) is 11.2 Å². The van der Waals surface area contributed by atoms with Crippen LogP contribution < -0.4 is 5.32 Å². The number of amidine groups is 1. The highest BCUT2D eigenvalue weighted by Gasteiger charge is 2.60. The molecule has 3 aliphatic heterocycles. The highest BCUT2D eigenvalue weighted by atomic mass is 19.1. The Kier molecular flexibility index (Phi) is 4.53. The molecule has 4 atom stereocenters. The molecule has 1 aliphatic carbocycles. The number of benzene rings is 2. The minimum absolute atomic E-state index is 0.131. The van der Waals surface area contributed by atoms with Gasteiger partial charge in [-0.05, 0) is 54.0 Å². The van der Waals surface area contributed by atoms with E-state index in [2.05, 4.69) is 28.4 Å². The van der Waals surface area contributed by atoms with Crippen molar-refractivity contribution >= 4 is 6.02 Å². The van der Waals surface area contributed by atoms with Crippen LogP contribution in [0.3, 0.4) is 0 Å². The molecular formula is C25H27F2N3O. The molecule has 2 aromatic rings. The zero-order chi connectivity index (χ0) is 21.0. The van der Waals surface area contributed by atoms with Crippen LogP contribution in [0.1, 0.15) is 42.0 Å². The first-order chi connectivity index (χ1) is 15.2. The molecule has 1 N–H and O–H groups in total. The number of rotatable bonds is 2. The highest BCUT2D eigenvalue weighted by molar-refractivity contribution is 5.78. The van der Waals surface area contributed by atoms with E-state index < -0.39 is 11.8 Å². The average Bonchev–Trinajstić information content (AvgIpc) is 3.30. The minimum Gasteiger partial charge on any atom is -0.452 e. The summed E-state index contributed by atoms with van der Waals surface area (Å²) in [7, 11) is 0. The molecule has 3 heterocycles. The molecule has 0 bridgehead atoms. The molecule has 0 aromatic heterocycles. The lowest BCUT2D eigenvalue weighted by Gasteiger charge is -2.40. The van der Waals surface area contributed by atoms with Gasteiger partial charge in [0.15, 0.2) is 11.8 Å².